The van der Waals surface area contributed by atoms with Crippen molar-refractivity contribution in [1.29, 1.82) is 0 Å². The number of rotatable bonds is 2. The molecule has 2 heterocycles. The monoisotopic (exact) mass is 428 g/mol. The first kappa shape index (κ1) is 18.4. The molecule has 0 unspecified atom stereocenters. The highest BCUT2D eigenvalue weighted by atomic mass is 35.5. The molecule has 3 nitrogen and oxygen atoms in total. The summed E-state index contributed by atoms with van der Waals surface area (Å²) in [4.78, 5) is 0. The Morgan fingerprint density at radius 1 is 0.903 bits per heavy atom. The van der Waals surface area contributed by atoms with Gasteiger partial charge >= 0.3 is 0 Å². The number of hydrogen-bond donors (Lipinski definition) is 0. The Labute approximate surface area is 184 Å². The first-order valence-corrected chi connectivity index (χ1v) is 10.6. The van der Waals surface area contributed by atoms with E-state index in [1.165, 1.54) is 22.9 Å². The molecule has 5 heteroatoms. The van der Waals surface area contributed by atoms with Gasteiger partial charge in [-0.3, -0.25) is 0 Å². The van der Waals surface area contributed by atoms with Gasteiger partial charge in [0.2, 0.25) is 6.23 Å². The van der Waals surface area contributed by atoms with Gasteiger partial charge in [-0.15, -0.1) is 0 Å². The Bertz CT molecular complexity index is 1340. The minimum absolute atomic E-state index is 0.000951. The fourth-order valence-electron chi connectivity index (χ4n) is 4.45. The summed E-state index contributed by atoms with van der Waals surface area (Å²) in [5.41, 5.74) is 3.97. The van der Waals surface area contributed by atoms with Crippen molar-refractivity contribution in [2.45, 2.75) is 18.7 Å². The lowest BCUT2D eigenvalue weighted by molar-refractivity contribution is -0.0190. The minimum Gasteiger partial charge on any atom is -0.464 e. The first-order chi connectivity index (χ1) is 15.2. The van der Waals surface area contributed by atoms with Crippen LogP contribution in [0.25, 0.3) is 10.8 Å². The van der Waals surface area contributed by atoms with Crippen molar-refractivity contribution in [2.24, 2.45) is 5.10 Å². The summed E-state index contributed by atoms with van der Waals surface area (Å²) >= 11 is 6.30. The molecule has 6 rings (SSSR count). The van der Waals surface area contributed by atoms with Gasteiger partial charge in [0.1, 0.15) is 11.6 Å². The van der Waals surface area contributed by atoms with Crippen LogP contribution in [0.1, 0.15) is 35.4 Å². The van der Waals surface area contributed by atoms with Crippen LogP contribution in [0.5, 0.6) is 5.75 Å². The highest BCUT2D eigenvalue weighted by Crippen LogP contribution is 2.48. The highest BCUT2D eigenvalue weighted by molar-refractivity contribution is 6.30. The molecule has 0 saturated carbocycles. The van der Waals surface area contributed by atoms with E-state index in [1.54, 1.807) is 12.1 Å². The molecule has 4 aromatic rings. The molecule has 0 bridgehead atoms. The number of ether oxygens (including phenoxy) is 1. The molecule has 31 heavy (non-hydrogen) atoms. The normalized spacial score (nSPS) is 19.5. The van der Waals surface area contributed by atoms with Gasteiger partial charge < -0.3 is 4.74 Å². The summed E-state index contributed by atoms with van der Waals surface area (Å²) < 4.78 is 19.8. The lowest BCUT2D eigenvalue weighted by Crippen LogP contribution is -2.33. The van der Waals surface area contributed by atoms with Crippen molar-refractivity contribution < 1.29 is 9.13 Å². The molecule has 0 aromatic heterocycles. The maximum atomic E-state index is 13.5. The number of hydrazone groups is 1. The van der Waals surface area contributed by atoms with E-state index in [0.29, 0.717) is 5.02 Å². The largest absolute Gasteiger partial charge is 0.464 e. The topological polar surface area (TPSA) is 24.8 Å². The Morgan fingerprint density at radius 2 is 1.71 bits per heavy atom. The Hall–Kier alpha value is -3.37. The number of halogens is 2. The molecule has 0 aliphatic carbocycles. The number of fused-ring (bicyclic) bond motifs is 4. The molecule has 0 radical (unpaired) electrons. The molecule has 0 saturated heterocycles. The number of nitrogens with zero attached hydrogens (tertiary/aromatic N) is 2. The zero-order valence-electron chi connectivity index (χ0n) is 16.5. The third-order valence-corrected chi connectivity index (χ3v) is 6.22. The Morgan fingerprint density at radius 3 is 2.55 bits per heavy atom. The summed E-state index contributed by atoms with van der Waals surface area (Å²) in [6.07, 6.45) is 0.310. The molecular weight excluding hydrogens is 411 g/mol. The van der Waals surface area contributed by atoms with Crippen molar-refractivity contribution in [3.63, 3.8) is 0 Å². The van der Waals surface area contributed by atoms with Crippen LogP contribution in [-0.2, 0) is 0 Å². The zero-order valence-corrected chi connectivity index (χ0v) is 17.3. The standard InChI is InChI=1S/C26H18ClFN2O/c27-20-9-12-25-22(14-20)24-15-23(19-6-5-16-3-1-2-4-18(16)13-19)29-30(24)26(31-25)17-7-10-21(28)11-8-17/h1-14,24,26H,15H2/t24-,26+/m0/s1. The number of hydrogen-bond acceptors (Lipinski definition) is 3. The molecule has 152 valence electrons. The van der Waals surface area contributed by atoms with Gasteiger partial charge in [-0.1, -0.05) is 60.1 Å². The smallest absolute Gasteiger partial charge is 0.213 e. The van der Waals surface area contributed by atoms with E-state index in [-0.39, 0.29) is 11.9 Å². The van der Waals surface area contributed by atoms with Gasteiger partial charge in [0.05, 0.1) is 11.8 Å². The van der Waals surface area contributed by atoms with E-state index in [1.807, 2.05) is 35.3 Å². The summed E-state index contributed by atoms with van der Waals surface area (Å²) in [7, 11) is 0. The van der Waals surface area contributed by atoms with E-state index in [9.17, 15) is 4.39 Å². The first-order valence-electron chi connectivity index (χ1n) is 10.2. The summed E-state index contributed by atoms with van der Waals surface area (Å²) in [5.74, 6) is 0.514. The fraction of sp³-hybridized carbons (Fsp3) is 0.115. The molecule has 2 aliphatic heterocycles. The lowest BCUT2D eigenvalue weighted by atomic mass is 9.95. The second kappa shape index (κ2) is 7.10. The van der Waals surface area contributed by atoms with Gasteiger partial charge in [-0.05, 0) is 52.7 Å². The van der Waals surface area contributed by atoms with Crippen molar-refractivity contribution in [2.75, 3.05) is 0 Å². The highest BCUT2D eigenvalue weighted by Gasteiger charge is 2.41. The number of benzene rings is 4. The predicted octanol–water partition coefficient (Wildman–Crippen LogP) is 6.87. The van der Waals surface area contributed by atoms with E-state index < -0.39 is 6.23 Å². The van der Waals surface area contributed by atoms with Crippen LogP contribution < -0.4 is 4.74 Å². The van der Waals surface area contributed by atoms with Crippen LogP contribution in [0.4, 0.5) is 4.39 Å². The predicted molar refractivity (Wildman–Crippen MR) is 121 cm³/mol. The second-order valence-corrected chi connectivity index (χ2v) is 8.35. The molecule has 4 aromatic carbocycles. The average Bonchev–Trinajstić information content (AvgIpc) is 3.25. The van der Waals surface area contributed by atoms with Crippen LogP contribution in [0.2, 0.25) is 5.02 Å². The van der Waals surface area contributed by atoms with Gasteiger partial charge in [0.15, 0.2) is 0 Å². The van der Waals surface area contributed by atoms with Crippen molar-refractivity contribution >= 4 is 28.1 Å². The quantitative estimate of drug-likeness (QED) is 0.348. The van der Waals surface area contributed by atoms with Crippen molar-refractivity contribution in [3.8, 4) is 5.75 Å². The van der Waals surface area contributed by atoms with Gasteiger partial charge in [0.25, 0.3) is 0 Å². The molecule has 2 aliphatic rings. The van der Waals surface area contributed by atoms with Crippen LogP contribution in [0, 0.1) is 5.82 Å². The summed E-state index contributed by atoms with van der Waals surface area (Å²) in [6.45, 7) is 0. The van der Waals surface area contributed by atoms with Crippen LogP contribution >= 0.6 is 11.6 Å². The fourth-order valence-corrected chi connectivity index (χ4v) is 4.63. The van der Waals surface area contributed by atoms with E-state index in [2.05, 4.69) is 30.3 Å². The average molecular weight is 429 g/mol. The maximum Gasteiger partial charge on any atom is 0.213 e. The van der Waals surface area contributed by atoms with E-state index in [4.69, 9.17) is 21.4 Å². The van der Waals surface area contributed by atoms with Crippen LogP contribution in [0.3, 0.4) is 0 Å². The summed E-state index contributed by atoms with van der Waals surface area (Å²) in [5, 5.41) is 10.0. The molecule has 2 atom stereocenters. The van der Waals surface area contributed by atoms with Gasteiger partial charge in [0, 0.05) is 22.6 Å². The molecule has 0 amide bonds. The maximum absolute atomic E-state index is 13.5. The molecule has 0 N–H and O–H groups in total. The van der Waals surface area contributed by atoms with Crippen LogP contribution in [-0.4, -0.2) is 10.7 Å². The molecule has 0 fully saturated rings. The van der Waals surface area contributed by atoms with Gasteiger partial charge in [-0.2, -0.15) is 5.10 Å². The van der Waals surface area contributed by atoms with Gasteiger partial charge in [-0.25, -0.2) is 9.40 Å². The molecular formula is C26H18ClFN2O. The second-order valence-electron chi connectivity index (χ2n) is 7.91. The molecule has 0 spiro atoms. The Balaban J connectivity index is 1.45. The zero-order chi connectivity index (χ0) is 20.9. The Kier molecular flexibility index (Phi) is 4.22. The van der Waals surface area contributed by atoms with Crippen LogP contribution in [0.15, 0.2) is 90.0 Å². The SMILES string of the molecule is Fc1ccc([C@H]2Oc3ccc(Cl)cc3[C@@H]3CC(c4ccc5ccccc5c4)=NN23)cc1. The van der Waals surface area contributed by atoms with E-state index >= 15 is 0 Å². The third-order valence-electron chi connectivity index (χ3n) is 5.99. The van der Waals surface area contributed by atoms with Crippen molar-refractivity contribution in [1.82, 2.24) is 5.01 Å². The summed E-state index contributed by atoms with van der Waals surface area (Å²) in [6, 6.07) is 26.8. The van der Waals surface area contributed by atoms with E-state index in [0.717, 1.165) is 34.6 Å². The van der Waals surface area contributed by atoms with Crippen molar-refractivity contribution in [3.05, 3.63) is 112 Å². The minimum atomic E-state index is -0.433. The lowest BCUT2D eigenvalue weighted by Gasteiger charge is -2.38. The third kappa shape index (κ3) is 3.15.